The Morgan fingerprint density at radius 2 is 1.64 bits per heavy atom. The van der Waals surface area contributed by atoms with Crippen LogP contribution in [0.1, 0.15) is 38.2 Å². The Bertz CT molecular complexity index is 1240. The lowest BCUT2D eigenvalue weighted by atomic mass is 9.78. The zero-order chi connectivity index (χ0) is 23.5. The van der Waals surface area contributed by atoms with E-state index in [0.717, 1.165) is 59.9 Å². The molecule has 1 fully saturated rings. The quantitative estimate of drug-likeness (QED) is 0.448. The average molecular weight is 485 g/mol. The smallest absolute Gasteiger partial charge is 0.235 e. The van der Waals surface area contributed by atoms with Gasteiger partial charge < -0.3 is 5.32 Å². The second-order valence-electron chi connectivity index (χ2n) is 8.62. The van der Waals surface area contributed by atoms with Crippen LogP contribution in [-0.4, -0.2) is 20.6 Å². The van der Waals surface area contributed by atoms with Crippen molar-refractivity contribution in [3.8, 4) is 11.1 Å². The van der Waals surface area contributed by atoms with Crippen LogP contribution in [0.2, 0.25) is 5.02 Å². The molecule has 2 N–H and O–H groups in total. The van der Waals surface area contributed by atoms with Crippen molar-refractivity contribution in [3.63, 3.8) is 0 Å². The van der Waals surface area contributed by atoms with Gasteiger partial charge in [-0.3, -0.25) is 4.79 Å². The number of hydrogen-bond acceptors (Lipinski definition) is 3. The van der Waals surface area contributed by atoms with Gasteiger partial charge >= 0.3 is 0 Å². The van der Waals surface area contributed by atoms with Crippen LogP contribution in [-0.2, 0) is 26.8 Å². The van der Waals surface area contributed by atoms with Gasteiger partial charge in [0, 0.05) is 18.7 Å². The molecular weight excluding hydrogens is 456 g/mol. The van der Waals surface area contributed by atoms with Gasteiger partial charge in [0.05, 0.1) is 11.7 Å². The lowest BCUT2D eigenvalue weighted by molar-refractivity contribution is -0.121. The molecule has 1 amide bonds. The summed E-state index contributed by atoms with van der Waals surface area (Å²) in [4.78, 5) is 13.5. The molecular formula is C26H29ClN2O3S. The summed E-state index contributed by atoms with van der Waals surface area (Å²) in [5, 5.41) is 3.81. The molecule has 3 aromatic carbocycles. The average Bonchev–Trinajstić information content (AvgIpc) is 3.30. The predicted molar refractivity (Wildman–Crippen MR) is 136 cm³/mol. The normalized spacial score (nSPS) is 15.3. The van der Waals surface area contributed by atoms with Gasteiger partial charge in [0.25, 0.3) is 0 Å². The monoisotopic (exact) mass is 484 g/mol. The molecule has 3 aromatic rings. The lowest BCUT2D eigenvalue weighted by Crippen LogP contribution is -2.37. The van der Waals surface area contributed by atoms with Crippen LogP contribution in [0.25, 0.3) is 11.1 Å². The minimum absolute atomic E-state index is 0. The molecule has 0 aromatic heterocycles. The van der Waals surface area contributed by atoms with E-state index in [-0.39, 0.29) is 13.9 Å². The minimum Gasteiger partial charge on any atom is -0.325 e. The van der Waals surface area contributed by atoms with Crippen LogP contribution >= 0.6 is 11.6 Å². The minimum atomic E-state index is -3.23. The van der Waals surface area contributed by atoms with Crippen LogP contribution in [0.15, 0.2) is 72.8 Å². The van der Waals surface area contributed by atoms with Gasteiger partial charge in [-0.1, -0.05) is 73.0 Å². The summed E-state index contributed by atoms with van der Waals surface area (Å²) in [6.07, 6.45) is 4.84. The SMILES string of the molecule is CS(=O)(=O)NCc1ccc(-c2cccc(NC(=O)C3(c4ccc(Cl)cc4)CCCC3)c2)cc1.[HH]. The summed E-state index contributed by atoms with van der Waals surface area (Å²) in [6.45, 7) is 0.252. The molecule has 0 unspecified atom stereocenters. The molecule has 0 atom stereocenters. The topological polar surface area (TPSA) is 75.3 Å². The van der Waals surface area contributed by atoms with Crippen molar-refractivity contribution in [3.05, 3.63) is 88.9 Å². The molecule has 0 spiro atoms. The van der Waals surface area contributed by atoms with E-state index in [1.54, 1.807) is 0 Å². The Morgan fingerprint density at radius 3 is 2.27 bits per heavy atom. The lowest BCUT2D eigenvalue weighted by Gasteiger charge is -2.28. The van der Waals surface area contributed by atoms with Crippen molar-refractivity contribution in [2.24, 2.45) is 0 Å². The number of carbonyl (C=O) groups is 1. The van der Waals surface area contributed by atoms with Gasteiger partial charge in [-0.05, 0) is 59.4 Å². The molecule has 174 valence electrons. The number of anilines is 1. The highest BCUT2D eigenvalue weighted by Gasteiger charge is 2.42. The highest BCUT2D eigenvalue weighted by molar-refractivity contribution is 7.88. The molecule has 4 rings (SSSR count). The first-order valence-electron chi connectivity index (χ1n) is 11.0. The summed E-state index contributed by atoms with van der Waals surface area (Å²) in [5.74, 6) is 0.0154. The number of hydrogen-bond donors (Lipinski definition) is 2. The summed E-state index contributed by atoms with van der Waals surface area (Å²) in [6, 6.07) is 23.1. The van der Waals surface area contributed by atoms with Gasteiger partial charge in [0.2, 0.25) is 15.9 Å². The van der Waals surface area contributed by atoms with Crippen LogP contribution in [0.4, 0.5) is 5.69 Å². The van der Waals surface area contributed by atoms with E-state index in [9.17, 15) is 13.2 Å². The highest BCUT2D eigenvalue weighted by Crippen LogP contribution is 2.42. The molecule has 5 nitrogen and oxygen atoms in total. The van der Waals surface area contributed by atoms with E-state index >= 15 is 0 Å². The second-order valence-corrected chi connectivity index (χ2v) is 10.9. The van der Waals surface area contributed by atoms with E-state index < -0.39 is 15.4 Å². The van der Waals surface area contributed by atoms with Crippen molar-refractivity contribution in [1.82, 2.24) is 4.72 Å². The third kappa shape index (κ3) is 5.64. The highest BCUT2D eigenvalue weighted by atomic mass is 35.5. The number of amides is 1. The van der Waals surface area contributed by atoms with E-state index in [0.29, 0.717) is 5.02 Å². The third-order valence-corrected chi connectivity index (χ3v) is 7.16. The summed E-state index contributed by atoms with van der Waals surface area (Å²) < 4.78 is 25.1. The molecule has 0 saturated heterocycles. The van der Waals surface area contributed by atoms with Crippen LogP contribution in [0.5, 0.6) is 0 Å². The van der Waals surface area contributed by atoms with E-state index in [1.165, 1.54) is 0 Å². The van der Waals surface area contributed by atoms with Gasteiger partial charge in [-0.15, -0.1) is 0 Å². The fourth-order valence-corrected chi connectivity index (χ4v) is 5.01. The van der Waals surface area contributed by atoms with E-state index in [1.807, 2.05) is 72.8 Å². The summed E-state index contributed by atoms with van der Waals surface area (Å²) in [5.41, 5.74) is 4.07. The predicted octanol–water partition coefficient (Wildman–Crippen LogP) is 5.75. The van der Waals surface area contributed by atoms with Gasteiger partial charge in [0.1, 0.15) is 0 Å². The van der Waals surface area contributed by atoms with Crippen molar-refractivity contribution < 1.29 is 14.6 Å². The Kier molecular flexibility index (Phi) is 6.88. The fourth-order valence-electron chi connectivity index (χ4n) is 4.45. The van der Waals surface area contributed by atoms with Crippen LogP contribution in [0.3, 0.4) is 0 Å². The number of halogens is 1. The first-order valence-corrected chi connectivity index (χ1v) is 13.2. The maximum Gasteiger partial charge on any atom is 0.235 e. The molecule has 1 aliphatic carbocycles. The second kappa shape index (κ2) is 9.67. The third-order valence-electron chi connectivity index (χ3n) is 6.23. The van der Waals surface area contributed by atoms with E-state index in [4.69, 9.17) is 11.6 Å². The van der Waals surface area contributed by atoms with E-state index in [2.05, 4.69) is 10.0 Å². The Balaban J connectivity index is 0.00000324. The Morgan fingerprint density at radius 1 is 0.970 bits per heavy atom. The molecule has 7 heteroatoms. The number of sulfonamides is 1. The Hall–Kier alpha value is -2.67. The molecule has 33 heavy (non-hydrogen) atoms. The van der Waals surface area contributed by atoms with Crippen LogP contribution in [0, 0.1) is 0 Å². The zero-order valence-electron chi connectivity index (χ0n) is 18.5. The molecule has 1 saturated carbocycles. The van der Waals surface area contributed by atoms with Crippen molar-refractivity contribution in [2.45, 2.75) is 37.6 Å². The standard InChI is InChI=1S/C26H27ClN2O3S.H2/c1-33(31,32)28-18-19-7-9-20(10-8-19)21-5-4-6-24(17-21)29-25(30)26(15-2-3-16-26)22-11-13-23(27)14-12-22;/h4-14,17,28H,2-3,15-16,18H2,1H3,(H,29,30);1H. The molecule has 0 bridgehead atoms. The summed E-state index contributed by atoms with van der Waals surface area (Å²) in [7, 11) is -3.23. The molecule has 0 radical (unpaired) electrons. The largest absolute Gasteiger partial charge is 0.325 e. The number of carbonyl (C=O) groups excluding carboxylic acids is 1. The zero-order valence-corrected chi connectivity index (χ0v) is 20.0. The maximum absolute atomic E-state index is 13.5. The summed E-state index contributed by atoms with van der Waals surface area (Å²) >= 11 is 6.07. The van der Waals surface area contributed by atoms with Gasteiger partial charge in [-0.25, -0.2) is 13.1 Å². The first-order chi connectivity index (χ1) is 15.7. The van der Waals surface area contributed by atoms with Gasteiger partial charge in [0.15, 0.2) is 0 Å². The Labute approximate surface area is 201 Å². The van der Waals surface area contributed by atoms with Crippen LogP contribution < -0.4 is 10.0 Å². The molecule has 0 heterocycles. The molecule has 1 aliphatic rings. The van der Waals surface area contributed by atoms with Gasteiger partial charge in [-0.2, -0.15) is 0 Å². The first kappa shape index (κ1) is 23.5. The number of rotatable bonds is 7. The number of benzene rings is 3. The van der Waals surface area contributed by atoms with Crippen molar-refractivity contribution in [2.75, 3.05) is 11.6 Å². The maximum atomic E-state index is 13.5. The van der Waals surface area contributed by atoms with Crippen molar-refractivity contribution >= 4 is 33.2 Å². The molecule has 0 aliphatic heterocycles. The van der Waals surface area contributed by atoms with Crippen molar-refractivity contribution in [1.29, 1.82) is 0 Å². The fraction of sp³-hybridized carbons (Fsp3) is 0.269. The number of nitrogens with one attached hydrogen (secondary N) is 2.